The molecule has 16 heavy (non-hydrogen) atoms. The van der Waals surface area contributed by atoms with Gasteiger partial charge in [0.1, 0.15) is 0 Å². The van der Waals surface area contributed by atoms with Crippen molar-refractivity contribution in [1.29, 1.82) is 0 Å². The Labute approximate surface area is 101 Å². The molecular weight excluding hydrogens is 222 g/mol. The van der Waals surface area contributed by atoms with Crippen LogP contribution in [0.5, 0.6) is 0 Å². The first-order valence-corrected chi connectivity index (χ1v) is 6.93. The van der Waals surface area contributed by atoms with E-state index in [0.717, 1.165) is 31.1 Å². The fourth-order valence-electron chi connectivity index (χ4n) is 1.87. The molecule has 1 N–H and O–H groups in total. The molecule has 5 heteroatoms. The molecule has 2 heterocycles. The van der Waals surface area contributed by atoms with Crippen molar-refractivity contribution < 1.29 is 4.52 Å². The predicted molar refractivity (Wildman–Crippen MR) is 66.5 cm³/mol. The van der Waals surface area contributed by atoms with Gasteiger partial charge in [-0.1, -0.05) is 5.16 Å². The van der Waals surface area contributed by atoms with E-state index in [1.54, 1.807) is 0 Å². The van der Waals surface area contributed by atoms with Crippen molar-refractivity contribution in [3.63, 3.8) is 0 Å². The first-order chi connectivity index (χ1) is 7.88. The van der Waals surface area contributed by atoms with Crippen molar-refractivity contribution in [2.45, 2.75) is 19.5 Å². The maximum Gasteiger partial charge on any atom is 0.151 e. The first-order valence-electron chi connectivity index (χ1n) is 5.77. The molecule has 1 fully saturated rings. The van der Waals surface area contributed by atoms with Crippen LogP contribution < -0.4 is 5.32 Å². The third-order valence-corrected chi connectivity index (χ3v) is 3.71. The molecule has 0 bridgehead atoms. The van der Waals surface area contributed by atoms with Crippen LogP contribution in [0.15, 0.2) is 10.6 Å². The fraction of sp³-hybridized carbons (Fsp3) is 0.727. The Hall–Kier alpha value is -0.520. The van der Waals surface area contributed by atoms with Gasteiger partial charge in [0.05, 0.1) is 12.2 Å². The first kappa shape index (κ1) is 12.0. The van der Waals surface area contributed by atoms with Crippen LogP contribution in [0.4, 0.5) is 0 Å². The Morgan fingerprint density at radius 1 is 1.50 bits per heavy atom. The number of nitrogens with zero attached hydrogens (tertiary/aromatic N) is 2. The van der Waals surface area contributed by atoms with E-state index >= 15 is 0 Å². The van der Waals surface area contributed by atoms with Crippen molar-refractivity contribution in [1.82, 2.24) is 15.4 Å². The summed E-state index contributed by atoms with van der Waals surface area (Å²) in [5.41, 5.74) is 0.988. The lowest BCUT2D eigenvalue weighted by molar-refractivity contribution is 0.245. The molecule has 0 unspecified atom stereocenters. The molecule has 1 aliphatic rings. The van der Waals surface area contributed by atoms with Gasteiger partial charge in [-0.2, -0.15) is 11.8 Å². The predicted octanol–water partition coefficient (Wildman–Crippen LogP) is 1.33. The quantitative estimate of drug-likeness (QED) is 0.861. The summed E-state index contributed by atoms with van der Waals surface area (Å²) < 4.78 is 5.32. The summed E-state index contributed by atoms with van der Waals surface area (Å²) in [6, 6.07) is 2.05. The third kappa shape index (κ3) is 3.50. The second-order valence-electron chi connectivity index (χ2n) is 4.06. The molecule has 2 rings (SSSR count). The molecule has 0 radical (unpaired) electrons. The van der Waals surface area contributed by atoms with Crippen LogP contribution in [0, 0.1) is 0 Å². The molecule has 90 valence electrons. The summed E-state index contributed by atoms with van der Waals surface area (Å²) in [5.74, 6) is 3.51. The number of rotatable bonds is 4. The number of hydrogen-bond donors (Lipinski definition) is 1. The summed E-state index contributed by atoms with van der Waals surface area (Å²) in [4.78, 5) is 2.45. The Morgan fingerprint density at radius 2 is 2.44 bits per heavy atom. The minimum atomic E-state index is 0.777. The van der Waals surface area contributed by atoms with Crippen LogP contribution in [0.1, 0.15) is 17.9 Å². The largest absolute Gasteiger partial charge is 0.360 e. The van der Waals surface area contributed by atoms with Crippen LogP contribution in [0.2, 0.25) is 0 Å². The monoisotopic (exact) mass is 241 g/mol. The number of nitrogens with one attached hydrogen (secondary N) is 1. The van der Waals surface area contributed by atoms with E-state index in [2.05, 4.69) is 21.4 Å². The van der Waals surface area contributed by atoms with Crippen LogP contribution >= 0.6 is 11.8 Å². The molecule has 0 saturated carbocycles. The van der Waals surface area contributed by atoms with Crippen LogP contribution in [-0.2, 0) is 13.1 Å². The number of thioether (sulfide) groups is 1. The van der Waals surface area contributed by atoms with Gasteiger partial charge in [-0.25, -0.2) is 0 Å². The second-order valence-corrected chi connectivity index (χ2v) is 5.28. The maximum absolute atomic E-state index is 5.32. The lowest BCUT2D eigenvalue weighted by atomic mass is 10.3. The van der Waals surface area contributed by atoms with Gasteiger partial charge >= 0.3 is 0 Å². The zero-order chi connectivity index (χ0) is 11.2. The molecule has 1 aromatic heterocycles. The molecule has 0 spiro atoms. The van der Waals surface area contributed by atoms with Gasteiger partial charge in [-0.15, -0.1) is 0 Å². The van der Waals surface area contributed by atoms with Gasteiger partial charge in [0.15, 0.2) is 5.76 Å². The molecule has 1 aliphatic heterocycles. The minimum absolute atomic E-state index is 0.777. The van der Waals surface area contributed by atoms with Crippen LogP contribution in [-0.4, -0.2) is 41.7 Å². The maximum atomic E-state index is 5.32. The topological polar surface area (TPSA) is 41.3 Å². The van der Waals surface area contributed by atoms with Crippen molar-refractivity contribution in [3.8, 4) is 0 Å². The molecule has 0 aromatic carbocycles. The van der Waals surface area contributed by atoms with E-state index < -0.39 is 0 Å². The van der Waals surface area contributed by atoms with Crippen molar-refractivity contribution in [2.24, 2.45) is 0 Å². The van der Waals surface area contributed by atoms with Gasteiger partial charge in [-0.05, 0) is 25.8 Å². The van der Waals surface area contributed by atoms with Crippen molar-refractivity contribution in [3.05, 3.63) is 17.5 Å². The highest BCUT2D eigenvalue weighted by Crippen LogP contribution is 2.13. The highest BCUT2D eigenvalue weighted by molar-refractivity contribution is 7.99. The Bertz CT molecular complexity index is 308. The molecule has 0 aliphatic carbocycles. The van der Waals surface area contributed by atoms with Gasteiger partial charge in [0.2, 0.25) is 0 Å². The number of hydrogen-bond acceptors (Lipinski definition) is 5. The summed E-state index contributed by atoms with van der Waals surface area (Å²) in [6.45, 7) is 4.01. The van der Waals surface area contributed by atoms with Gasteiger partial charge in [0, 0.05) is 24.9 Å². The molecule has 0 atom stereocenters. The van der Waals surface area contributed by atoms with E-state index in [1.807, 2.05) is 18.8 Å². The van der Waals surface area contributed by atoms with E-state index in [0.29, 0.717) is 0 Å². The lowest BCUT2D eigenvalue weighted by Crippen LogP contribution is -2.25. The van der Waals surface area contributed by atoms with E-state index in [9.17, 15) is 0 Å². The number of aromatic nitrogens is 1. The molecule has 0 amide bonds. The van der Waals surface area contributed by atoms with Crippen molar-refractivity contribution in [2.75, 3.05) is 31.6 Å². The molecular formula is C11H19N3OS. The highest BCUT2D eigenvalue weighted by Gasteiger charge is 2.12. The Morgan fingerprint density at radius 3 is 3.31 bits per heavy atom. The normalized spacial score (nSPS) is 18.6. The van der Waals surface area contributed by atoms with E-state index in [-0.39, 0.29) is 0 Å². The highest BCUT2D eigenvalue weighted by atomic mass is 32.2. The lowest BCUT2D eigenvalue weighted by Gasteiger charge is -2.16. The van der Waals surface area contributed by atoms with E-state index in [1.165, 1.54) is 24.5 Å². The average molecular weight is 241 g/mol. The molecule has 1 aromatic rings. The smallest absolute Gasteiger partial charge is 0.151 e. The van der Waals surface area contributed by atoms with Crippen molar-refractivity contribution >= 4 is 11.8 Å². The Balaban J connectivity index is 1.86. The summed E-state index contributed by atoms with van der Waals surface area (Å²) >= 11 is 2.05. The van der Waals surface area contributed by atoms with Gasteiger partial charge in [-0.3, -0.25) is 4.90 Å². The fourth-order valence-corrected chi connectivity index (χ4v) is 2.80. The Kier molecular flexibility index (Phi) is 4.69. The standard InChI is InChI=1S/C11H19N3OS/c1-12-8-10-7-11(15-13-10)9-14-3-2-5-16-6-4-14/h7,12H,2-6,8-9H2,1H3. The summed E-state index contributed by atoms with van der Waals surface area (Å²) in [5, 5.41) is 7.10. The van der Waals surface area contributed by atoms with Gasteiger partial charge < -0.3 is 9.84 Å². The summed E-state index contributed by atoms with van der Waals surface area (Å²) in [7, 11) is 1.92. The second kappa shape index (κ2) is 6.27. The summed E-state index contributed by atoms with van der Waals surface area (Å²) in [6.07, 6.45) is 1.28. The zero-order valence-corrected chi connectivity index (χ0v) is 10.6. The van der Waals surface area contributed by atoms with Crippen LogP contribution in [0.3, 0.4) is 0 Å². The zero-order valence-electron chi connectivity index (χ0n) is 9.74. The van der Waals surface area contributed by atoms with Crippen LogP contribution in [0.25, 0.3) is 0 Å². The molecule has 4 nitrogen and oxygen atoms in total. The third-order valence-electron chi connectivity index (χ3n) is 2.66. The van der Waals surface area contributed by atoms with E-state index in [4.69, 9.17) is 4.52 Å². The SMILES string of the molecule is CNCc1cc(CN2CCCSCC2)on1. The minimum Gasteiger partial charge on any atom is -0.360 e. The molecule has 1 saturated heterocycles. The average Bonchev–Trinajstić information content (AvgIpc) is 2.56. The van der Waals surface area contributed by atoms with Gasteiger partial charge in [0.25, 0.3) is 0 Å².